The number of ether oxygens (including phenoxy) is 3. The van der Waals surface area contributed by atoms with Gasteiger partial charge in [0.15, 0.2) is 5.78 Å². The van der Waals surface area contributed by atoms with Crippen LogP contribution in [0.3, 0.4) is 0 Å². The van der Waals surface area contributed by atoms with Crippen molar-refractivity contribution < 1.29 is 23.8 Å². The first-order chi connectivity index (χ1) is 19.8. The van der Waals surface area contributed by atoms with E-state index in [4.69, 9.17) is 14.2 Å². The summed E-state index contributed by atoms with van der Waals surface area (Å²) in [5.74, 6) is 2.25. The summed E-state index contributed by atoms with van der Waals surface area (Å²) in [7, 11) is 1.71. The number of esters is 1. The normalized spacial score (nSPS) is 14.2. The lowest BCUT2D eigenvalue weighted by molar-refractivity contribution is 0.0733. The van der Waals surface area contributed by atoms with E-state index in [-0.39, 0.29) is 11.2 Å². The fourth-order valence-corrected chi connectivity index (χ4v) is 5.85. The zero-order chi connectivity index (χ0) is 29.0. The molecule has 41 heavy (non-hydrogen) atoms. The first-order valence-electron chi connectivity index (χ1n) is 14.2. The van der Waals surface area contributed by atoms with Crippen LogP contribution in [0.4, 0.5) is 0 Å². The number of hydrogen-bond acceptors (Lipinski definition) is 5. The van der Waals surface area contributed by atoms with Gasteiger partial charge in [-0.2, -0.15) is 0 Å². The average Bonchev–Trinajstić information content (AvgIpc) is 2.99. The molecule has 1 fully saturated rings. The molecular weight excluding hydrogens is 512 g/mol. The Morgan fingerprint density at radius 3 is 1.66 bits per heavy atom. The van der Waals surface area contributed by atoms with Crippen LogP contribution in [0.1, 0.15) is 82.0 Å². The number of hydrogen-bond donors (Lipinski definition) is 0. The van der Waals surface area contributed by atoms with Crippen molar-refractivity contribution in [3.05, 3.63) is 118 Å². The molecule has 0 amide bonds. The first-order valence-corrected chi connectivity index (χ1v) is 14.2. The largest absolute Gasteiger partial charge is 0.496 e. The second-order valence-electron chi connectivity index (χ2n) is 10.9. The van der Waals surface area contributed by atoms with Crippen molar-refractivity contribution in [1.29, 1.82) is 0 Å². The molecule has 0 radical (unpaired) electrons. The van der Waals surface area contributed by atoms with Crippen molar-refractivity contribution in [2.45, 2.75) is 58.3 Å². The van der Waals surface area contributed by atoms with Gasteiger partial charge in [0.25, 0.3) is 0 Å². The van der Waals surface area contributed by atoms with Crippen molar-refractivity contribution in [3.8, 4) is 23.0 Å². The third kappa shape index (κ3) is 6.04. The van der Waals surface area contributed by atoms with Gasteiger partial charge in [0.05, 0.1) is 12.7 Å². The van der Waals surface area contributed by atoms with Crippen LogP contribution in [-0.2, 0) is 5.41 Å². The van der Waals surface area contributed by atoms with Crippen LogP contribution < -0.4 is 14.2 Å². The fourth-order valence-electron chi connectivity index (χ4n) is 5.85. The molecule has 0 heterocycles. The summed E-state index contributed by atoms with van der Waals surface area (Å²) >= 11 is 0. The van der Waals surface area contributed by atoms with E-state index >= 15 is 0 Å². The van der Waals surface area contributed by atoms with Gasteiger partial charge < -0.3 is 14.2 Å². The highest BCUT2D eigenvalue weighted by molar-refractivity contribution is 5.94. The number of carbonyl (C=O) groups excluding carboxylic acids is 2. The lowest BCUT2D eigenvalue weighted by Crippen LogP contribution is -2.30. The summed E-state index contributed by atoms with van der Waals surface area (Å²) in [6.45, 7) is 5.62. The molecule has 0 unspecified atom stereocenters. The summed E-state index contributed by atoms with van der Waals surface area (Å²) in [5, 5.41) is 0. The van der Waals surface area contributed by atoms with Crippen molar-refractivity contribution in [1.82, 2.24) is 0 Å². The maximum atomic E-state index is 13.0. The van der Waals surface area contributed by atoms with Crippen LogP contribution in [0.15, 0.2) is 84.9 Å². The van der Waals surface area contributed by atoms with Gasteiger partial charge in [-0.05, 0) is 117 Å². The minimum Gasteiger partial charge on any atom is -0.496 e. The van der Waals surface area contributed by atoms with Gasteiger partial charge in [-0.15, -0.1) is 0 Å². The predicted octanol–water partition coefficient (Wildman–Crippen LogP) is 8.78. The van der Waals surface area contributed by atoms with Crippen molar-refractivity contribution in [2.75, 3.05) is 7.11 Å². The molecule has 1 aliphatic rings. The minimum absolute atomic E-state index is 0.00473. The quantitative estimate of drug-likeness (QED) is 0.125. The highest BCUT2D eigenvalue weighted by Gasteiger charge is 2.36. The number of aryl methyl sites for hydroxylation is 2. The van der Waals surface area contributed by atoms with Gasteiger partial charge in [-0.3, -0.25) is 4.79 Å². The van der Waals surface area contributed by atoms with Crippen molar-refractivity contribution >= 4 is 11.8 Å². The van der Waals surface area contributed by atoms with Crippen LogP contribution in [0.5, 0.6) is 23.0 Å². The average molecular weight is 549 g/mol. The van der Waals surface area contributed by atoms with Gasteiger partial charge in [0.1, 0.15) is 23.0 Å². The smallest absolute Gasteiger partial charge is 0.343 e. The fraction of sp³-hybridized carbons (Fsp3) is 0.278. The zero-order valence-corrected chi connectivity index (χ0v) is 24.2. The first kappa shape index (κ1) is 28.2. The number of Topliss-reactive ketones (excluding diaryl/α,β-unsaturated/α-hetero) is 1. The van der Waals surface area contributed by atoms with Crippen LogP contribution >= 0.6 is 0 Å². The topological polar surface area (TPSA) is 61.8 Å². The molecule has 5 rings (SSSR count). The summed E-state index contributed by atoms with van der Waals surface area (Å²) in [4.78, 5) is 24.5. The maximum absolute atomic E-state index is 13.0. The van der Waals surface area contributed by atoms with Gasteiger partial charge in [-0.1, -0.05) is 43.5 Å². The van der Waals surface area contributed by atoms with Crippen LogP contribution in [-0.4, -0.2) is 18.9 Å². The van der Waals surface area contributed by atoms with Crippen LogP contribution in [0.2, 0.25) is 0 Å². The summed E-state index contributed by atoms with van der Waals surface area (Å²) in [6, 6.07) is 26.6. The highest BCUT2D eigenvalue weighted by atomic mass is 16.5. The van der Waals surface area contributed by atoms with Crippen LogP contribution in [0.25, 0.3) is 0 Å². The van der Waals surface area contributed by atoms with E-state index in [0.717, 1.165) is 29.7 Å². The highest BCUT2D eigenvalue weighted by Crippen LogP contribution is 2.46. The van der Waals surface area contributed by atoms with E-state index < -0.39 is 5.97 Å². The van der Waals surface area contributed by atoms with Crippen molar-refractivity contribution in [2.24, 2.45) is 0 Å². The lowest BCUT2D eigenvalue weighted by Gasteiger charge is -2.39. The number of carbonyl (C=O) groups is 2. The third-order valence-electron chi connectivity index (χ3n) is 8.17. The van der Waals surface area contributed by atoms with E-state index in [1.165, 1.54) is 37.3 Å². The Morgan fingerprint density at radius 1 is 0.659 bits per heavy atom. The molecule has 0 spiro atoms. The molecule has 210 valence electrons. The Morgan fingerprint density at radius 2 is 1.17 bits per heavy atom. The third-order valence-corrected chi connectivity index (χ3v) is 8.17. The van der Waals surface area contributed by atoms with E-state index in [1.807, 2.05) is 13.0 Å². The maximum Gasteiger partial charge on any atom is 0.343 e. The zero-order valence-electron chi connectivity index (χ0n) is 24.2. The number of rotatable bonds is 8. The Bertz CT molecular complexity index is 1540. The van der Waals surface area contributed by atoms with Crippen LogP contribution in [0, 0.1) is 13.8 Å². The molecule has 5 nitrogen and oxygen atoms in total. The Balaban J connectivity index is 1.31. The van der Waals surface area contributed by atoms with Gasteiger partial charge in [-0.25, -0.2) is 4.79 Å². The van der Waals surface area contributed by atoms with Gasteiger partial charge in [0.2, 0.25) is 0 Å². The summed E-state index contributed by atoms with van der Waals surface area (Å²) in [6.07, 6.45) is 5.80. The summed E-state index contributed by atoms with van der Waals surface area (Å²) < 4.78 is 17.2. The SMILES string of the molecule is COc1ccc(C2(c3ccc(OC(=O)c4ccc(Oc5ccc(C(C)=O)cc5)cc4)c(C)c3)CCCCC2)cc1C. The molecule has 4 aromatic rings. The molecule has 1 saturated carbocycles. The Kier molecular flexibility index (Phi) is 8.25. The van der Waals surface area contributed by atoms with Gasteiger partial charge >= 0.3 is 5.97 Å². The van der Waals surface area contributed by atoms with E-state index in [1.54, 1.807) is 55.6 Å². The molecule has 5 heteroatoms. The second kappa shape index (κ2) is 12.0. The number of methoxy groups -OCH3 is 1. The Hall–Kier alpha value is -4.38. The molecule has 1 aliphatic carbocycles. The van der Waals surface area contributed by atoms with Gasteiger partial charge in [0, 0.05) is 11.0 Å². The predicted molar refractivity (Wildman–Crippen MR) is 161 cm³/mol. The van der Waals surface area contributed by atoms with E-state index in [2.05, 4.69) is 37.3 Å². The second-order valence-corrected chi connectivity index (χ2v) is 10.9. The molecule has 4 aromatic carbocycles. The van der Waals surface area contributed by atoms with E-state index in [0.29, 0.717) is 28.4 Å². The molecule has 0 bridgehead atoms. The minimum atomic E-state index is -0.420. The molecule has 0 N–H and O–H groups in total. The Labute approximate surface area is 242 Å². The molecule has 0 aliphatic heterocycles. The molecule has 0 atom stereocenters. The number of benzene rings is 4. The molecule has 0 saturated heterocycles. The molecular formula is C36H36O5. The van der Waals surface area contributed by atoms with E-state index in [9.17, 15) is 9.59 Å². The van der Waals surface area contributed by atoms with Crippen molar-refractivity contribution in [3.63, 3.8) is 0 Å². The summed E-state index contributed by atoms with van der Waals surface area (Å²) in [5.41, 5.74) is 5.65. The number of ketones is 1. The molecule has 0 aromatic heterocycles. The lowest BCUT2D eigenvalue weighted by atomic mass is 9.65. The monoisotopic (exact) mass is 548 g/mol. The standard InChI is InChI=1S/C36H36O5/c1-24-22-29(12-18-33(24)39-4)36(20-6-5-7-21-36)30-13-19-34(25(2)23-30)41-35(38)28-10-16-32(17-11-28)40-31-14-8-27(9-15-31)26(3)37/h8-19,22-23H,5-7,20-21H2,1-4H3.